The van der Waals surface area contributed by atoms with Crippen molar-refractivity contribution in [2.75, 3.05) is 7.11 Å². The largest absolute Gasteiger partial charge is 0.467 e. The number of amides is 2. The topological polar surface area (TPSA) is 111 Å². The smallest absolute Gasteiger partial charge is 0.408 e. The van der Waals surface area contributed by atoms with Gasteiger partial charge in [0.2, 0.25) is 5.91 Å². The van der Waals surface area contributed by atoms with Gasteiger partial charge in [-0.25, -0.2) is 9.59 Å². The van der Waals surface area contributed by atoms with E-state index in [0.29, 0.717) is 0 Å². The summed E-state index contributed by atoms with van der Waals surface area (Å²) in [5.74, 6) is -2.27. The number of nitrogens with one attached hydrogen (secondary N) is 2. The fraction of sp³-hybridized carbons (Fsp3) is 0.286. The van der Waals surface area contributed by atoms with Gasteiger partial charge in [0.25, 0.3) is 0 Å². The van der Waals surface area contributed by atoms with Crippen LogP contribution in [0.3, 0.4) is 0 Å². The first-order valence-corrected chi connectivity index (χ1v) is 11.5. The van der Waals surface area contributed by atoms with Crippen molar-refractivity contribution in [2.24, 2.45) is 0 Å². The van der Waals surface area contributed by atoms with Gasteiger partial charge in [0, 0.05) is 12.0 Å². The Morgan fingerprint density at radius 3 is 2.11 bits per heavy atom. The van der Waals surface area contributed by atoms with Crippen LogP contribution in [-0.4, -0.2) is 48.5 Å². The number of rotatable bonds is 8. The van der Waals surface area contributed by atoms with Crippen LogP contribution in [0.2, 0.25) is 0 Å². The summed E-state index contributed by atoms with van der Waals surface area (Å²) >= 11 is 0. The second-order valence-electron chi connectivity index (χ2n) is 9.28. The summed E-state index contributed by atoms with van der Waals surface area (Å²) < 4.78 is 10.1. The first kappa shape index (κ1) is 26.4. The highest BCUT2D eigenvalue weighted by Crippen LogP contribution is 2.17. The molecule has 2 atom stereocenters. The summed E-state index contributed by atoms with van der Waals surface area (Å²) in [6.45, 7) is 5.12. The molecule has 2 N–H and O–H groups in total. The molecule has 3 aromatic rings. The fourth-order valence-electron chi connectivity index (χ4n) is 3.62. The lowest BCUT2D eigenvalue weighted by Crippen LogP contribution is -2.55. The van der Waals surface area contributed by atoms with Gasteiger partial charge in [0.05, 0.1) is 7.11 Å². The summed E-state index contributed by atoms with van der Waals surface area (Å²) in [5.41, 5.74) is 0.222. The molecule has 3 rings (SSSR count). The Morgan fingerprint density at radius 2 is 1.47 bits per heavy atom. The molecule has 0 bridgehead atoms. The third-order valence-corrected chi connectivity index (χ3v) is 5.31. The second kappa shape index (κ2) is 11.5. The Bertz CT molecular complexity index is 1250. The molecule has 2 amide bonds. The average Bonchev–Trinajstić information content (AvgIpc) is 2.85. The predicted molar refractivity (Wildman–Crippen MR) is 136 cm³/mol. The van der Waals surface area contributed by atoms with Gasteiger partial charge in [-0.2, -0.15) is 0 Å². The number of carbonyl (C=O) groups is 4. The lowest BCUT2D eigenvalue weighted by atomic mass is 10.00. The van der Waals surface area contributed by atoms with Crippen LogP contribution < -0.4 is 10.6 Å². The number of fused-ring (bicyclic) bond motifs is 1. The zero-order chi connectivity index (χ0) is 26.3. The van der Waals surface area contributed by atoms with Gasteiger partial charge in [0.1, 0.15) is 11.6 Å². The summed E-state index contributed by atoms with van der Waals surface area (Å²) in [6.07, 6.45) is -0.698. The van der Waals surface area contributed by atoms with Crippen molar-refractivity contribution in [3.8, 4) is 0 Å². The molecule has 0 fully saturated rings. The lowest BCUT2D eigenvalue weighted by Gasteiger charge is -2.24. The normalized spacial score (nSPS) is 12.8. The van der Waals surface area contributed by atoms with Crippen molar-refractivity contribution < 1.29 is 28.7 Å². The summed E-state index contributed by atoms with van der Waals surface area (Å²) in [7, 11) is 1.13. The van der Waals surface area contributed by atoms with Gasteiger partial charge in [0.15, 0.2) is 11.8 Å². The molecule has 8 heteroatoms. The highest BCUT2D eigenvalue weighted by Gasteiger charge is 2.33. The van der Waals surface area contributed by atoms with E-state index in [1.807, 2.05) is 42.5 Å². The Hall–Kier alpha value is -4.20. The van der Waals surface area contributed by atoms with Crippen LogP contribution in [0.1, 0.15) is 36.7 Å². The Labute approximate surface area is 210 Å². The Balaban J connectivity index is 1.87. The van der Waals surface area contributed by atoms with Crippen molar-refractivity contribution in [2.45, 2.75) is 44.9 Å². The number of hydrogen-bond acceptors (Lipinski definition) is 6. The van der Waals surface area contributed by atoms with E-state index in [4.69, 9.17) is 9.47 Å². The fourth-order valence-corrected chi connectivity index (χ4v) is 3.62. The molecule has 3 aromatic carbocycles. The summed E-state index contributed by atoms with van der Waals surface area (Å²) in [5, 5.41) is 7.03. The van der Waals surface area contributed by atoms with Gasteiger partial charge in [-0.15, -0.1) is 0 Å². The molecular formula is C28H30N2O6. The molecule has 0 aliphatic carbocycles. The lowest BCUT2D eigenvalue weighted by molar-refractivity contribution is -0.143. The number of Topliss-reactive ketones (excluding diaryl/α,β-unsaturated/α-hetero) is 1. The minimum absolute atomic E-state index is 0.101. The SMILES string of the molecule is COC(=O)C(NC(=O)C(Cc1ccc2ccccc2c1)NC(=O)OC(C)(C)C)C(=O)c1ccccc1. The van der Waals surface area contributed by atoms with Gasteiger partial charge in [-0.3, -0.25) is 9.59 Å². The van der Waals surface area contributed by atoms with E-state index in [-0.39, 0.29) is 12.0 Å². The number of benzene rings is 3. The van der Waals surface area contributed by atoms with Gasteiger partial charge >= 0.3 is 12.1 Å². The van der Waals surface area contributed by atoms with Gasteiger partial charge < -0.3 is 20.1 Å². The van der Waals surface area contributed by atoms with E-state index in [1.54, 1.807) is 39.0 Å². The van der Waals surface area contributed by atoms with E-state index in [0.717, 1.165) is 23.4 Å². The molecule has 0 spiro atoms. The standard InChI is InChI=1S/C28H30N2O6/c1-28(2,3)36-27(34)29-22(17-18-14-15-19-10-8-9-13-21(19)16-18)25(32)30-23(26(33)35-4)24(31)20-11-6-5-7-12-20/h5-16,22-23H,17H2,1-4H3,(H,29,34)(H,30,32). The molecule has 0 heterocycles. The van der Waals surface area contributed by atoms with Crippen molar-refractivity contribution >= 4 is 34.5 Å². The number of alkyl carbamates (subject to hydrolysis) is 1. The number of methoxy groups -OCH3 is 1. The quantitative estimate of drug-likeness (QED) is 0.282. The van der Waals surface area contributed by atoms with Crippen LogP contribution in [0.15, 0.2) is 72.8 Å². The Kier molecular flexibility index (Phi) is 8.42. The van der Waals surface area contributed by atoms with E-state index in [9.17, 15) is 19.2 Å². The van der Waals surface area contributed by atoms with Crippen LogP contribution >= 0.6 is 0 Å². The molecule has 0 aliphatic rings. The summed E-state index contributed by atoms with van der Waals surface area (Å²) in [4.78, 5) is 51.3. The maximum atomic E-state index is 13.3. The molecule has 0 aliphatic heterocycles. The molecular weight excluding hydrogens is 460 g/mol. The molecule has 188 valence electrons. The maximum Gasteiger partial charge on any atom is 0.408 e. The number of carbonyl (C=O) groups excluding carboxylic acids is 4. The maximum absolute atomic E-state index is 13.3. The summed E-state index contributed by atoms with van der Waals surface area (Å²) in [6, 6.07) is 18.8. The van der Waals surface area contributed by atoms with Crippen molar-refractivity contribution in [1.29, 1.82) is 0 Å². The number of ketones is 1. The van der Waals surface area contributed by atoms with Gasteiger partial charge in [-0.05, 0) is 37.1 Å². The number of ether oxygens (including phenoxy) is 2. The zero-order valence-corrected chi connectivity index (χ0v) is 20.7. The molecule has 0 radical (unpaired) electrons. The first-order valence-electron chi connectivity index (χ1n) is 11.5. The third kappa shape index (κ3) is 7.15. The first-order chi connectivity index (χ1) is 17.1. The molecule has 2 unspecified atom stereocenters. The van der Waals surface area contributed by atoms with Crippen molar-refractivity contribution in [1.82, 2.24) is 10.6 Å². The molecule has 0 saturated heterocycles. The van der Waals surface area contributed by atoms with Crippen LogP contribution in [-0.2, 0) is 25.5 Å². The zero-order valence-electron chi connectivity index (χ0n) is 20.7. The Morgan fingerprint density at radius 1 is 0.833 bits per heavy atom. The highest BCUT2D eigenvalue weighted by molar-refractivity contribution is 6.14. The molecule has 0 aromatic heterocycles. The van der Waals surface area contributed by atoms with Crippen LogP contribution in [0, 0.1) is 0 Å². The highest BCUT2D eigenvalue weighted by atomic mass is 16.6. The van der Waals surface area contributed by atoms with Crippen molar-refractivity contribution in [3.63, 3.8) is 0 Å². The molecule has 0 saturated carbocycles. The van der Waals surface area contributed by atoms with Crippen LogP contribution in [0.25, 0.3) is 10.8 Å². The van der Waals surface area contributed by atoms with E-state index < -0.39 is 41.4 Å². The minimum Gasteiger partial charge on any atom is -0.467 e. The van der Waals surface area contributed by atoms with E-state index in [2.05, 4.69) is 10.6 Å². The van der Waals surface area contributed by atoms with Crippen molar-refractivity contribution in [3.05, 3.63) is 83.9 Å². The predicted octanol–water partition coefficient (Wildman–Crippen LogP) is 3.82. The minimum atomic E-state index is -1.58. The monoisotopic (exact) mass is 490 g/mol. The number of hydrogen-bond donors (Lipinski definition) is 2. The molecule has 8 nitrogen and oxygen atoms in total. The third-order valence-electron chi connectivity index (χ3n) is 5.31. The van der Waals surface area contributed by atoms with Crippen LogP contribution in [0.4, 0.5) is 4.79 Å². The van der Waals surface area contributed by atoms with E-state index >= 15 is 0 Å². The van der Waals surface area contributed by atoms with E-state index in [1.165, 1.54) is 12.1 Å². The van der Waals surface area contributed by atoms with Gasteiger partial charge in [-0.1, -0.05) is 72.8 Å². The second-order valence-corrected chi connectivity index (χ2v) is 9.28. The van der Waals surface area contributed by atoms with Crippen LogP contribution in [0.5, 0.6) is 0 Å². The number of esters is 1. The molecule has 36 heavy (non-hydrogen) atoms. The average molecular weight is 491 g/mol.